The number of nitrogens with zero attached hydrogens (tertiary/aromatic N) is 2. The van der Waals surface area contributed by atoms with E-state index in [2.05, 4.69) is 5.32 Å². The fourth-order valence-electron chi connectivity index (χ4n) is 2.82. The predicted molar refractivity (Wildman–Crippen MR) is 92.9 cm³/mol. The second kappa shape index (κ2) is 8.85. The van der Waals surface area contributed by atoms with Gasteiger partial charge in [0.15, 0.2) is 0 Å². The van der Waals surface area contributed by atoms with E-state index in [1.54, 1.807) is 6.92 Å². The molecule has 7 nitrogen and oxygen atoms in total. The van der Waals surface area contributed by atoms with Crippen molar-refractivity contribution in [2.75, 3.05) is 25.0 Å². The molecule has 0 spiro atoms. The van der Waals surface area contributed by atoms with Gasteiger partial charge in [-0.2, -0.15) is 13.2 Å². The molecule has 1 aromatic carbocycles. The van der Waals surface area contributed by atoms with Gasteiger partial charge >= 0.3 is 6.18 Å². The largest absolute Gasteiger partial charge is 0.418 e. The molecule has 1 saturated heterocycles. The number of nitrogens with one attached hydrogen (secondary N) is 1. The van der Waals surface area contributed by atoms with Gasteiger partial charge in [-0.05, 0) is 19.1 Å². The molecular formula is C18H20F3N3O4. The first-order chi connectivity index (χ1) is 13.1. The van der Waals surface area contributed by atoms with Crippen LogP contribution in [0.2, 0.25) is 0 Å². The highest BCUT2D eigenvalue weighted by molar-refractivity contribution is 6.02. The highest BCUT2D eigenvalue weighted by Crippen LogP contribution is 2.34. The second-order valence-corrected chi connectivity index (χ2v) is 6.19. The molecule has 1 fully saturated rings. The van der Waals surface area contributed by atoms with Crippen LogP contribution in [-0.4, -0.2) is 53.1 Å². The van der Waals surface area contributed by atoms with Gasteiger partial charge in [-0.3, -0.25) is 24.1 Å². The van der Waals surface area contributed by atoms with Crippen LogP contribution >= 0.6 is 0 Å². The van der Waals surface area contributed by atoms with Gasteiger partial charge in [0.05, 0.1) is 17.8 Å². The van der Waals surface area contributed by atoms with Crippen molar-refractivity contribution in [3.8, 4) is 0 Å². The van der Waals surface area contributed by atoms with Crippen molar-refractivity contribution in [2.24, 2.45) is 0 Å². The molecule has 0 aromatic heterocycles. The molecule has 4 amide bonds. The van der Waals surface area contributed by atoms with Gasteiger partial charge in [0, 0.05) is 32.4 Å². The number of carbonyl (C=O) groups excluding carboxylic acids is 4. The average Bonchev–Trinajstić information content (AvgIpc) is 2.95. The molecule has 152 valence electrons. The normalized spacial score (nSPS) is 14.4. The molecule has 0 atom stereocenters. The molecular weight excluding hydrogens is 379 g/mol. The third kappa shape index (κ3) is 5.30. The van der Waals surface area contributed by atoms with E-state index >= 15 is 0 Å². The zero-order valence-corrected chi connectivity index (χ0v) is 15.2. The van der Waals surface area contributed by atoms with E-state index in [1.807, 2.05) is 0 Å². The summed E-state index contributed by atoms with van der Waals surface area (Å²) in [6.07, 6.45) is -4.55. The maximum absolute atomic E-state index is 13.0. The first-order valence-electron chi connectivity index (χ1n) is 8.70. The fraction of sp³-hybridized carbons (Fsp3) is 0.444. The highest BCUT2D eigenvalue weighted by atomic mass is 19.4. The number of likely N-dealkylation sites (tertiary alicyclic amines) is 1. The third-order valence-corrected chi connectivity index (χ3v) is 4.28. The van der Waals surface area contributed by atoms with Crippen LogP contribution in [0.1, 0.15) is 31.7 Å². The number of benzene rings is 1. The average molecular weight is 399 g/mol. The Morgan fingerprint density at radius 1 is 1.14 bits per heavy atom. The number of amides is 4. The van der Waals surface area contributed by atoms with Gasteiger partial charge in [-0.1, -0.05) is 12.1 Å². The molecule has 1 aromatic rings. The van der Waals surface area contributed by atoms with Crippen LogP contribution in [0, 0.1) is 0 Å². The van der Waals surface area contributed by atoms with Crippen molar-refractivity contribution in [2.45, 2.75) is 32.4 Å². The van der Waals surface area contributed by atoms with Crippen molar-refractivity contribution >= 4 is 29.3 Å². The minimum Gasteiger partial charge on any atom is -0.334 e. The van der Waals surface area contributed by atoms with E-state index < -0.39 is 35.8 Å². The van der Waals surface area contributed by atoms with Gasteiger partial charge in [-0.15, -0.1) is 0 Å². The Balaban J connectivity index is 1.95. The molecule has 1 heterocycles. The highest BCUT2D eigenvalue weighted by Gasteiger charge is 2.34. The van der Waals surface area contributed by atoms with E-state index in [0.717, 1.165) is 21.9 Å². The first kappa shape index (κ1) is 21.4. The number of carbonyl (C=O) groups is 4. The minimum atomic E-state index is -4.63. The van der Waals surface area contributed by atoms with Crippen molar-refractivity contribution in [3.05, 3.63) is 29.8 Å². The summed E-state index contributed by atoms with van der Waals surface area (Å²) in [6.45, 7) is 1.24. The Morgan fingerprint density at radius 2 is 1.75 bits per heavy atom. The molecule has 0 unspecified atom stereocenters. The molecule has 1 aliphatic rings. The number of para-hydroxylation sites is 1. The summed E-state index contributed by atoms with van der Waals surface area (Å²) in [5, 5.41) is 2.18. The maximum Gasteiger partial charge on any atom is 0.418 e. The van der Waals surface area contributed by atoms with E-state index in [1.165, 1.54) is 12.1 Å². The lowest BCUT2D eigenvalue weighted by molar-refractivity contribution is -0.141. The van der Waals surface area contributed by atoms with Crippen molar-refractivity contribution in [1.82, 2.24) is 9.80 Å². The van der Waals surface area contributed by atoms with E-state index in [4.69, 9.17) is 0 Å². The van der Waals surface area contributed by atoms with Gasteiger partial charge in [0.25, 0.3) is 0 Å². The number of rotatable bonds is 7. The summed E-state index contributed by atoms with van der Waals surface area (Å²) in [6, 6.07) is 4.55. The molecule has 28 heavy (non-hydrogen) atoms. The molecule has 2 rings (SSSR count). The number of hydrogen-bond acceptors (Lipinski definition) is 4. The Morgan fingerprint density at radius 3 is 2.32 bits per heavy atom. The summed E-state index contributed by atoms with van der Waals surface area (Å²) < 4.78 is 39.0. The molecule has 1 N–H and O–H groups in total. The van der Waals surface area contributed by atoms with E-state index in [0.29, 0.717) is 0 Å². The van der Waals surface area contributed by atoms with Crippen molar-refractivity contribution in [3.63, 3.8) is 0 Å². The summed E-state index contributed by atoms with van der Waals surface area (Å²) in [4.78, 5) is 49.7. The van der Waals surface area contributed by atoms with Crippen LogP contribution in [0.3, 0.4) is 0 Å². The van der Waals surface area contributed by atoms with E-state index in [-0.39, 0.29) is 44.2 Å². The molecule has 1 aliphatic heterocycles. The van der Waals surface area contributed by atoms with Crippen molar-refractivity contribution < 1.29 is 32.3 Å². The van der Waals surface area contributed by atoms with Gasteiger partial charge in [0.2, 0.25) is 23.6 Å². The summed E-state index contributed by atoms with van der Waals surface area (Å²) in [5.41, 5.74) is -1.37. The minimum absolute atomic E-state index is 0.0779. The van der Waals surface area contributed by atoms with Crippen LogP contribution < -0.4 is 5.32 Å². The molecule has 0 saturated carbocycles. The molecule has 0 bridgehead atoms. The summed E-state index contributed by atoms with van der Waals surface area (Å²) in [7, 11) is 0. The zero-order chi connectivity index (χ0) is 20.9. The summed E-state index contributed by atoms with van der Waals surface area (Å²) >= 11 is 0. The van der Waals surface area contributed by atoms with Gasteiger partial charge in [-0.25, -0.2) is 0 Å². The Kier molecular flexibility index (Phi) is 6.76. The van der Waals surface area contributed by atoms with E-state index in [9.17, 15) is 32.3 Å². The fourth-order valence-corrected chi connectivity index (χ4v) is 2.82. The van der Waals surface area contributed by atoms with Crippen LogP contribution in [0.25, 0.3) is 0 Å². The number of halogens is 3. The second-order valence-electron chi connectivity index (χ2n) is 6.19. The summed E-state index contributed by atoms with van der Waals surface area (Å²) in [5.74, 6) is -1.95. The Bertz CT molecular complexity index is 764. The Labute approximate surface area is 159 Å². The third-order valence-electron chi connectivity index (χ3n) is 4.28. The molecule has 0 aliphatic carbocycles. The van der Waals surface area contributed by atoms with Gasteiger partial charge in [0.1, 0.15) is 0 Å². The number of hydrogen-bond donors (Lipinski definition) is 1. The zero-order valence-electron chi connectivity index (χ0n) is 15.2. The lowest BCUT2D eigenvalue weighted by Crippen LogP contribution is -2.40. The molecule has 0 radical (unpaired) electrons. The van der Waals surface area contributed by atoms with Crippen LogP contribution in [-0.2, 0) is 25.4 Å². The van der Waals surface area contributed by atoms with Gasteiger partial charge < -0.3 is 10.2 Å². The number of alkyl halides is 3. The topological polar surface area (TPSA) is 86.8 Å². The van der Waals surface area contributed by atoms with Crippen LogP contribution in [0.15, 0.2) is 24.3 Å². The quantitative estimate of drug-likeness (QED) is 0.711. The first-order valence-corrected chi connectivity index (χ1v) is 8.70. The Hall–Kier alpha value is -2.91. The van der Waals surface area contributed by atoms with Crippen LogP contribution in [0.5, 0.6) is 0 Å². The molecule has 10 heteroatoms. The smallest absolute Gasteiger partial charge is 0.334 e. The van der Waals surface area contributed by atoms with Crippen LogP contribution in [0.4, 0.5) is 18.9 Å². The van der Waals surface area contributed by atoms with Crippen molar-refractivity contribution in [1.29, 1.82) is 0 Å². The predicted octanol–water partition coefficient (Wildman–Crippen LogP) is 2.03. The monoisotopic (exact) mass is 399 g/mol. The lowest BCUT2D eigenvalue weighted by atomic mass is 10.1. The standard InChI is InChI=1S/C18H20F3N3O4/c1-2-23(15(26)9-10-24-16(27)7-8-17(24)28)11-14(25)22-13-6-4-3-5-12(13)18(19,20)21/h3-6H,2,7-11H2,1H3,(H,22,25). The number of imide groups is 1. The maximum atomic E-state index is 13.0. The number of anilines is 1. The SMILES string of the molecule is CCN(CC(=O)Nc1ccccc1C(F)(F)F)C(=O)CCN1C(=O)CCC1=O. The number of likely N-dealkylation sites (N-methyl/N-ethyl adjacent to an activating group) is 1. The lowest BCUT2D eigenvalue weighted by Gasteiger charge is -2.22.